The molecular formula is C17H30N4O2S. The number of aliphatic imine (C=N–C) groups is 1. The Morgan fingerprint density at radius 1 is 1.21 bits per heavy atom. The summed E-state index contributed by atoms with van der Waals surface area (Å²) in [5.41, 5.74) is 0.994. The molecule has 0 amide bonds. The van der Waals surface area contributed by atoms with Crippen molar-refractivity contribution in [3.8, 4) is 0 Å². The van der Waals surface area contributed by atoms with E-state index in [9.17, 15) is 8.42 Å². The first-order valence-corrected chi connectivity index (χ1v) is 9.70. The molecule has 0 saturated heterocycles. The smallest absolute Gasteiger partial charge is 0.243 e. The van der Waals surface area contributed by atoms with Crippen molar-refractivity contribution in [1.82, 2.24) is 14.9 Å². The van der Waals surface area contributed by atoms with Crippen LogP contribution in [-0.2, 0) is 16.6 Å². The molecule has 2 N–H and O–H groups in total. The Balaban J connectivity index is 2.75. The lowest BCUT2D eigenvalue weighted by molar-refractivity contribution is 0.410. The summed E-state index contributed by atoms with van der Waals surface area (Å²) in [6, 6.07) is 7.21. The fourth-order valence-corrected chi connectivity index (χ4v) is 3.31. The first-order chi connectivity index (χ1) is 11.2. The van der Waals surface area contributed by atoms with Crippen molar-refractivity contribution in [2.75, 3.05) is 14.1 Å². The van der Waals surface area contributed by atoms with Crippen molar-refractivity contribution >= 4 is 16.0 Å². The van der Waals surface area contributed by atoms with Crippen LogP contribution in [0.15, 0.2) is 34.2 Å². The molecule has 0 bridgehead atoms. The zero-order chi connectivity index (χ0) is 18.3. The molecule has 0 heterocycles. The Bertz CT molecular complexity index is 639. The topological polar surface area (TPSA) is 73.8 Å². The molecule has 1 atom stereocenters. The maximum atomic E-state index is 12.4. The summed E-state index contributed by atoms with van der Waals surface area (Å²) in [6.45, 7) is 8.49. The van der Waals surface area contributed by atoms with E-state index in [2.05, 4.69) is 29.5 Å². The fraction of sp³-hybridized carbons (Fsp3) is 0.588. The zero-order valence-corrected chi connectivity index (χ0v) is 16.3. The van der Waals surface area contributed by atoms with E-state index >= 15 is 0 Å². The maximum Gasteiger partial charge on any atom is 0.243 e. The lowest BCUT2D eigenvalue weighted by Gasteiger charge is -2.21. The van der Waals surface area contributed by atoms with E-state index in [-0.39, 0.29) is 6.04 Å². The van der Waals surface area contributed by atoms with Gasteiger partial charge in [0.05, 0.1) is 4.90 Å². The van der Waals surface area contributed by atoms with Crippen LogP contribution in [0.1, 0.15) is 39.7 Å². The van der Waals surface area contributed by atoms with Gasteiger partial charge >= 0.3 is 0 Å². The van der Waals surface area contributed by atoms with Crippen molar-refractivity contribution in [2.45, 2.75) is 57.6 Å². The highest BCUT2D eigenvalue weighted by Crippen LogP contribution is 2.17. The molecule has 0 spiro atoms. The molecule has 24 heavy (non-hydrogen) atoms. The highest BCUT2D eigenvalue weighted by Gasteiger charge is 2.22. The van der Waals surface area contributed by atoms with Gasteiger partial charge in [-0.2, -0.15) is 4.31 Å². The van der Waals surface area contributed by atoms with Gasteiger partial charge in [0.15, 0.2) is 5.96 Å². The fourth-order valence-electron chi connectivity index (χ4n) is 1.94. The van der Waals surface area contributed by atoms with Gasteiger partial charge in [0.1, 0.15) is 0 Å². The third kappa shape index (κ3) is 5.49. The summed E-state index contributed by atoms with van der Waals surface area (Å²) in [5.74, 6) is 0.737. The van der Waals surface area contributed by atoms with Crippen LogP contribution in [0.5, 0.6) is 0 Å². The van der Waals surface area contributed by atoms with Gasteiger partial charge in [-0.15, -0.1) is 0 Å². The lowest BCUT2D eigenvalue weighted by atomic mass is 10.2. The lowest BCUT2D eigenvalue weighted by Crippen LogP contribution is -2.41. The van der Waals surface area contributed by atoms with Gasteiger partial charge in [-0.3, -0.25) is 4.99 Å². The molecule has 0 saturated carbocycles. The van der Waals surface area contributed by atoms with Crippen molar-refractivity contribution in [3.63, 3.8) is 0 Å². The SMILES string of the molecule is CCC(C)NC(=NC)NCc1ccc(S(=O)(=O)N(C)C(C)C)cc1. The van der Waals surface area contributed by atoms with Crippen LogP contribution >= 0.6 is 0 Å². The number of rotatable bonds is 7. The second-order valence-electron chi connectivity index (χ2n) is 6.14. The molecule has 1 aromatic carbocycles. The minimum atomic E-state index is -3.43. The van der Waals surface area contributed by atoms with Crippen molar-refractivity contribution in [2.24, 2.45) is 4.99 Å². The molecular weight excluding hydrogens is 324 g/mol. The van der Waals surface area contributed by atoms with Crippen LogP contribution in [0.25, 0.3) is 0 Å². The highest BCUT2D eigenvalue weighted by molar-refractivity contribution is 7.89. The standard InChI is InChI=1S/C17H30N4O2S/c1-7-14(4)20-17(18-5)19-12-15-8-10-16(11-9-15)24(22,23)21(6)13(2)3/h8-11,13-14H,7,12H2,1-6H3,(H2,18,19,20). The molecule has 6 nitrogen and oxygen atoms in total. The number of nitrogens with zero attached hydrogens (tertiary/aromatic N) is 2. The van der Waals surface area contributed by atoms with Gasteiger partial charge in [-0.25, -0.2) is 8.42 Å². The third-order valence-corrected chi connectivity index (χ3v) is 6.05. The number of guanidine groups is 1. The van der Waals surface area contributed by atoms with Gasteiger partial charge in [-0.05, 0) is 44.9 Å². The Hall–Kier alpha value is -1.60. The Morgan fingerprint density at radius 3 is 2.25 bits per heavy atom. The van der Waals surface area contributed by atoms with Crippen molar-refractivity contribution in [1.29, 1.82) is 0 Å². The monoisotopic (exact) mass is 354 g/mol. The number of sulfonamides is 1. The predicted octanol–water partition coefficient (Wildman–Crippen LogP) is 2.18. The quantitative estimate of drug-likeness (QED) is 0.581. The largest absolute Gasteiger partial charge is 0.354 e. The van der Waals surface area contributed by atoms with Crippen LogP contribution in [0.2, 0.25) is 0 Å². The van der Waals surface area contributed by atoms with Crippen LogP contribution in [-0.4, -0.2) is 44.9 Å². The molecule has 7 heteroatoms. The average molecular weight is 355 g/mol. The van der Waals surface area contributed by atoms with Crippen LogP contribution in [0.3, 0.4) is 0 Å². The van der Waals surface area contributed by atoms with E-state index in [1.165, 1.54) is 4.31 Å². The van der Waals surface area contributed by atoms with E-state index in [0.717, 1.165) is 17.9 Å². The maximum absolute atomic E-state index is 12.4. The molecule has 0 fully saturated rings. The summed E-state index contributed by atoms with van der Waals surface area (Å²) in [5, 5.41) is 6.52. The Kier molecular flexibility index (Phi) is 7.69. The average Bonchev–Trinajstić information content (AvgIpc) is 2.57. The highest BCUT2D eigenvalue weighted by atomic mass is 32.2. The van der Waals surface area contributed by atoms with E-state index in [1.54, 1.807) is 26.2 Å². The van der Waals surface area contributed by atoms with Gasteiger partial charge in [0.25, 0.3) is 0 Å². The minimum Gasteiger partial charge on any atom is -0.354 e. The number of hydrogen-bond acceptors (Lipinski definition) is 3. The van der Waals surface area contributed by atoms with E-state index in [1.807, 2.05) is 26.0 Å². The normalized spacial score (nSPS) is 14.1. The van der Waals surface area contributed by atoms with Crippen LogP contribution in [0.4, 0.5) is 0 Å². The molecule has 1 aromatic rings. The Labute approximate surface area is 146 Å². The molecule has 0 aliphatic carbocycles. The van der Waals surface area contributed by atoms with Gasteiger partial charge in [-0.1, -0.05) is 19.1 Å². The van der Waals surface area contributed by atoms with Gasteiger partial charge in [0.2, 0.25) is 10.0 Å². The van der Waals surface area contributed by atoms with Crippen molar-refractivity contribution < 1.29 is 8.42 Å². The summed E-state index contributed by atoms with van der Waals surface area (Å²) >= 11 is 0. The first kappa shape index (κ1) is 20.4. The van der Waals surface area contributed by atoms with Crippen LogP contribution in [0, 0.1) is 0 Å². The van der Waals surface area contributed by atoms with E-state index < -0.39 is 10.0 Å². The summed E-state index contributed by atoms with van der Waals surface area (Å²) in [6.07, 6.45) is 1.01. The van der Waals surface area contributed by atoms with Gasteiger partial charge < -0.3 is 10.6 Å². The molecule has 0 aliphatic rings. The minimum absolute atomic E-state index is 0.0775. The molecule has 1 rings (SSSR count). The zero-order valence-electron chi connectivity index (χ0n) is 15.5. The third-order valence-electron chi connectivity index (χ3n) is 4.01. The van der Waals surface area contributed by atoms with Gasteiger partial charge in [0, 0.05) is 32.7 Å². The molecule has 0 radical (unpaired) electrons. The van der Waals surface area contributed by atoms with E-state index in [0.29, 0.717) is 17.5 Å². The number of hydrogen-bond donors (Lipinski definition) is 2. The van der Waals surface area contributed by atoms with E-state index in [4.69, 9.17) is 0 Å². The second-order valence-corrected chi connectivity index (χ2v) is 8.14. The first-order valence-electron chi connectivity index (χ1n) is 8.26. The van der Waals surface area contributed by atoms with Crippen LogP contribution < -0.4 is 10.6 Å². The molecule has 1 unspecified atom stereocenters. The molecule has 136 valence electrons. The predicted molar refractivity (Wildman–Crippen MR) is 99.6 cm³/mol. The molecule has 0 aromatic heterocycles. The summed E-state index contributed by atoms with van der Waals surface area (Å²) in [7, 11) is -0.105. The molecule has 0 aliphatic heterocycles. The number of benzene rings is 1. The Morgan fingerprint density at radius 2 is 1.79 bits per heavy atom. The number of nitrogens with one attached hydrogen (secondary N) is 2. The summed E-state index contributed by atoms with van der Waals surface area (Å²) in [4.78, 5) is 4.49. The van der Waals surface area contributed by atoms with Crippen molar-refractivity contribution in [3.05, 3.63) is 29.8 Å². The second kappa shape index (κ2) is 9.03. The summed E-state index contributed by atoms with van der Waals surface area (Å²) < 4.78 is 26.2.